The van der Waals surface area contributed by atoms with Crippen molar-refractivity contribution in [1.82, 2.24) is 4.98 Å². The number of benzene rings is 1. The van der Waals surface area contributed by atoms with Crippen LogP contribution in [0.5, 0.6) is 0 Å². The molecular formula is C17H17ClN2O3. The summed E-state index contributed by atoms with van der Waals surface area (Å²) < 4.78 is 4.98. The number of rotatable bonds is 5. The molecule has 1 amide bonds. The Morgan fingerprint density at radius 1 is 1.26 bits per heavy atom. The lowest BCUT2D eigenvalue weighted by molar-refractivity contribution is -0.119. The van der Waals surface area contributed by atoms with E-state index in [1.807, 2.05) is 38.1 Å². The largest absolute Gasteiger partial charge is 0.452 e. The van der Waals surface area contributed by atoms with Crippen molar-refractivity contribution < 1.29 is 14.3 Å². The summed E-state index contributed by atoms with van der Waals surface area (Å²) in [4.78, 5) is 27.6. The van der Waals surface area contributed by atoms with Gasteiger partial charge >= 0.3 is 5.97 Å². The van der Waals surface area contributed by atoms with Crippen LogP contribution in [-0.2, 0) is 9.53 Å². The minimum Gasteiger partial charge on any atom is -0.452 e. The van der Waals surface area contributed by atoms with Crippen LogP contribution >= 0.6 is 11.6 Å². The Bertz CT molecular complexity index is 716. The van der Waals surface area contributed by atoms with E-state index in [9.17, 15) is 9.59 Å². The summed E-state index contributed by atoms with van der Waals surface area (Å²) in [6.45, 7) is 3.71. The maximum absolute atomic E-state index is 12.0. The maximum atomic E-state index is 12.0. The van der Waals surface area contributed by atoms with Gasteiger partial charge in [-0.3, -0.25) is 4.79 Å². The normalized spacial score (nSPS) is 10.4. The van der Waals surface area contributed by atoms with Crippen LogP contribution < -0.4 is 5.32 Å². The van der Waals surface area contributed by atoms with Crippen molar-refractivity contribution in [3.05, 3.63) is 58.9 Å². The molecule has 120 valence electrons. The molecule has 5 nitrogen and oxygen atoms in total. The third-order valence-corrected chi connectivity index (χ3v) is 3.36. The standard InChI is InChI=1S/C17H17ClN2O3/c1-11(2)13-5-3-4-6-14(13)20-16(21)10-23-17(22)12-7-8-19-15(18)9-12/h3-9,11H,10H2,1-2H3,(H,20,21). The van der Waals surface area contributed by atoms with Crippen molar-refractivity contribution in [3.8, 4) is 0 Å². The van der Waals surface area contributed by atoms with Crippen molar-refractivity contribution in [3.63, 3.8) is 0 Å². The molecule has 1 aromatic heterocycles. The third kappa shape index (κ3) is 4.79. The summed E-state index contributed by atoms with van der Waals surface area (Å²) in [6, 6.07) is 10.4. The minimum atomic E-state index is -0.624. The van der Waals surface area contributed by atoms with E-state index in [-0.39, 0.29) is 23.2 Å². The Labute approximate surface area is 139 Å². The zero-order valence-electron chi connectivity index (χ0n) is 12.9. The van der Waals surface area contributed by atoms with Crippen LogP contribution in [0.2, 0.25) is 5.15 Å². The van der Waals surface area contributed by atoms with Gasteiger partial charge in [-0.15, -0.1) is 0 Å². The SMILES string of the molecule is CC(C)c1ccccc1NC(=O)COC(=O)c1ccnc(Cl)c1. The quantitative estimate of drug-likeness (QED) is 0.670. The van der Waals surface area contributed by atoms with Gasteiger partial charge in [-0.2, -0.15) is 0 Å². The molecule has 0 unspecified atom stereocenters. The number of amides is 1. The summed E-state index contributed by atoms with van der Waals surface area (Å²) in [5.41, 5.74) is 1.99. The molecule has 0 aliphatic rings. The molecule has 6 heteroatoms. The Morgan fingerprint density at radius 3 is 2.70 bits per heavy atom. The molecule has 23 heavy (non-hydrogen) atoms. The van der Waals surface area contributed by atoms with E-state index < -0.39 is 11.9 Å². The van der Waals surface area contributed by atoms with Gasteiger partial charge < -0.3 is 10.1 Å². The van der Waals surface area contributed by atoms with Gasteiger partial charge in [0.25, 0.3) is 5.91 Å². The number of esters is 1. The van der Waals surface area contributed by atoms with Crippen LogP contribution in [0.1, 0.15) is 35.7 Å². The topological polar surface area (TPSA) is 68.3 Å². The molecule has 0 atom stereocenters. The highest BCUT2D eigenvalue weighted by molar-refractivity contribution is 6.29. The van der Waals surface area contributed by atoms with Gasteiger partial charge in [0.2, 0.25) is 0 Å². The lowest BCUT2D eigenvalue weighted by Crippen LogP contribution is -2.21. The highest BCUT2D eigenvalue weighted by Gasteiger charge is 2.13. The first-order valence-electron chi connectivity index (χ1n) is 7.15. The number of carbonyl (C=O) groups excluding carboxylic acids is 2. The van der Waals surface area contributed by atoms with E-state index in [1.54, 1.807) is 0 Å². The van der Waals surface area contributed by atoms with Crippen LogP contribution in [0.3, 0.4) is 0 Å². The van der Waals surface area contributed by atoms with Crippen LogP contribution in [0, 0.1) is 0 Å². The second-order valence-corrected chi connectivity index (χ2v) is 5.62. The van der Waals surface area contributed by atoms with Crippen molar-refractivity contribution in [2.24, 2.45) is 0 Å². The molecule has 0 saturated heterocycles. The first-order chi connectivity index (χ1) is 11.0. The fourth-order valence-electron chi connectivity index (χ4n) is 2.04. The fourth-order valence-corrected chi connectivity index (χ4v) is 2.22. The number of pyridine rings is 1. The molecule has 1 heterocycles. The number of para-hydroxylation sites is 1. The second kappa shape index (κ2) is 7.74. The molecule has 1 N–H and O–H groups in total. The van der Waals surface area contributed by atoms with Gasteiger partial charge in [-0.25, -0.2) is 9.78 Å². The minimum absolute atomic E-state index is 0.190. The zero-order chi connectivity index (χ0) is 16.8. The number of aromatic nitrogens is 1. The molecule has 0 spiro atoms. The summed E-state index contributed by atoms with van der Waals surface area (Å²) in [5.74, 6) is -0.749. The number of halogens is 1. The van der Waals surface area contributed by atoms with Gasteiger partial charge in [-0.1, -0.05) is 43.6 Å². The van der Waals surface area contributed by atoms with Crippen LogP contribution in [0.15, 0.2) is 42.6 Å². The molecule has 0 aliphatic heterocycles. The van der Waals surface area contributed by atoms with Crippen molar-refractivity contribution in [1.29, 1.82) is 0 Å². The van der Waals surface area contributed by atoms with Gasteiger partial charge in [0.15, 0.2) is 6.61 Å². The van der Waals surface area contributed by atoms with Crippen molar-refractivity contribution in [2.45, 2.75) is 19.8 Å². The zero-order valence-corrected chi connectivity index (χ0v) is 13.6. The summed E-state index contributed by atoms with van der Waals surface area (Å²) in [5, 5.41) is 2.95. The van der Waals surface area contributed by atoms with E-state index >= 15 is 0 Å². The summed E-state index contributed by atoms with van der Waals surface area (Å²) >= 11 is 5.71. The number of ether oxygens (including phenoxy) is 1. The van der Waals surface area contributed by atoms with Gasteiger partial charge in [0, 0.05) is 11.9 Å². The average molecular weight is 333 g/mol. The Balaban J connectivity index is 1.94. The van der Waals surface area contributed by atoms with E-state index in [4.69, 9.17) is 16.3 Å². The van der Waals surface area contributed by atoms with Crippen LogP contribution in [-0.4, -0.2) is 23.5 Å². The van der Waals surface area contributed by atoms with Crippen LogP contribution in [0.25, 0.3) is 0 Å². The van der Waals surface area contributed by atoms with E-state index in [0.29, 0.717) is 0 Å². The maximum Gasteiger partial charge on any atom is 0.338 e. The molecule has 0 saturated carbocycles. The lowest BCUT2D eigenvalue weighted by Gasteiger charge is -2.13. The molecular weight excluding hydrogens is 316 g/mol. The first kappa shape index (κ1) is 17.0. The Kier molecular flexibility index (Phi) is 5.71. The number of carbonyl (C=O) groups is 2. The van der Waals surface area contributed by atoms with Crippen molar-refractivity contribution in [2.75, 3.05) is 11.9 Å². The fraction of sp³-hybridized carbons (Fsp3) is 0.235. The molecule has 0 bridgehead atoms. The highest BCUT2D eigenvalue weighted by Crippen LogP contribution is 2.23. The lowest BCUT2D eigenvalue weighted by atomic mass is 10.0. The van der Waals surface area contributed by atoms with E-state index in [1.165, 1.54) is 18.3 Å². The van der Waals surface area contributed by atoms with E-state index in [2.05, 4.69) is 10.3 Å². The monoisotopic (exact) mass is 332 g/mol. The first-order valence-corrected chi connectivity index (χ1v) is 7.52. The van der Waals surface area contributed by atoms with Gasteiger partial charge in [-0.05, 0) is 29.7 Å². The van der Waals surface area contributed by atoms with Gasteiger partial charge in [0.1, 0.15) is 5.15 Å². The number of hydrogen-bond donors (Lipinski definition) is 1. The Hall–Kier alpha value is -2.40. The number of anilines is 1. The summed E-state index contributed by atoms with van der Waals surface area (Å²) in [6.07, 6.45) is 1.40. The third-order valence-electron chi connectivity index (χ3n) is 3.15. The molecule has 0 fully saturated rings. The highest BCUT2D eigenvalue weighted by atomic mass is 35.5. The summed E-state index contributed by atoms with van der Waals surface area (Å²) in [7, 11) is 0. The second-order valence-electron chi connectivity index (χ2n) is 5.23. The van der Waals surface area contributed by atoms with Crippen LogP contribution in [0.4, 0.5) is 5.69 Å². The smallest absolute Gasteiger partial charge is 0.338 e. The van der Waals surface area contributed by atoms with Gasteiger partial charge in [0.05, 0.1) is 5.56 Å². The molecule has 2 rings (SSSR count). The molecule has 0 radical (unpaired) electrons. The molecule has 0 aliphatic carbocycles. The molecule has 2 aromatic rings. The Morgan fingerprint density at radius 2 is 2.00 bits per heavy atom. The number of nitrogens with zero attached hydrogens (tertiary/aromatic N) is 1. The molecule has 1 aromatic carbocycles. The predicted molar refractivity (Wildman–Crippen MR) is 88.7 cm³/mol. The number of hydrogen-bond acceptors (Lipinski definition) is 4. The number of nitrogens with one attached hydrogen (secondary N) is 1. The average Bonchev–Trinajstić information content (AvgIpc) is 2.53. The predicted octanol–water partition coefficient (Wildman–Crippen LogP) is 3.65. The van der Waals surface area contributed by atoms with E-state index in [0.717, 1.165) is 11.3 Å². The van der Waals surface area contributed by atoms with Crippen molar-refractivity contribution >= 4 is 29.2 Å².